The Morgan fingerprint density at radius 2 is 0.654 bits per heavy atom. The highest BCUT2D eigenvalue weighted by Crippen LogP contribution is 2.48. The summed E-state index contributed by atoms with van der Waals surface area (Å²) < 4.78 is 18.4. The molecule has 6 aromatic rings. The van der Waals surface area contributed by atoms with Crippen molar-refractivity contribution < 1.29 is 14.2 Å². The molecule has 0 bridgehead atoms. The SMILES string of the molecule is COc1cc(/C=C(/C)c2ccccc2)ccc1N(c1ccc(/C=C(\C)c2ccccc2)cc1OC)c1ccc(/C=C(\C)c2ccccc2)cc1OC. The van der Waals surface area contributed by atoms with Crippen LogP contribution in [0.1, 0.15) is 54.2 Å². The first-order valence-electron chi connectivity index (χ1n) is 17.4. The summed E-state index contributed by atoms with van der Waals surface area (Å²) in [6, 6.07) is 50.1. The number of hydrogen-bond acceptors (Lipinski definition) is 4. The van der Waals surface area contributed by atoms with Gasteiger partial charge in [-0.05, 0) is 107 Å². The van der Waals surface area contributed by atoms with Crippen molar-refractivity contribution in [2.24, 2.45) is 0 Å². The summed E-state index contributed by atoms with van der Waals surface area (Å²) in [6.07, 6.45) is 6.54. The predicted octanol–water partition coefficient (Wildman–Crippen LogP) is 12.9. The van der Waals surface area contributed by atoms with E-state index in [4.69, 9.17) is 14.2 Å². The first-order chi connectivity index (χ1) is 25.4. The average molecular weight is 684 g/mol. The van der Waals surface area contributed by atoms with Gasteiger partial charge in [-0.15, -0.1) is 0 Å². The van der Waals surface area contributed by atoms with Crippen LogP contribution in [0, 0.1) is 0 Å². The fraction of sp³-hybridized carbons (Fsp3) is 0.125. The topological polar surface area (TPSA) is 30.9 Å². The lowest BCUT2D eigenvalue weighted by molar-refractivity contribution is 0.409. The molecular formula is C48H45NO3. The van der Waals surface area contributed by atoms with Gasteiger partial charge in [-0.3, -0.25) is 4.90 Å². The Bertz CT molecular complexity index is 1960. The summed E-state index contributed by atoms with van der Waals surface area (Å²) in [5.74, 6) is 2.14. The van der Waals surface area contributed by atoms with Crippen LogP contribution in [0.2, 0.25) is 0 Å². The summed E-state index contributed by atoms with van der Waals surface area (Å²) >= 11 is 0. The minimum Gasteiger partial charge on any atom is -0.495 e. The molecule has 0 amide bonds. The molecule has 260 valence electrons. The van der Waals surface area contributed by atoms with Gasteiger partial charge >= 0.3 is 0 Å². The monoisotopic (exact) mass is 683 g/mol. The molecular weight excluding hydrogens is 639 g/mol. The third kappa shape index (κ3) is 8.20. The summed E-state index contributed by atoms with van der Waals surface area (Å²) in [4.78, 5) is 2.16. The molecule has 6 rings (SSSR count). The highest BCUT2D eigenvalue weighted by Gasteiger charge is 2.24. The molecule has 0 fully saturated rings. The molecule has 4 nitrogen and oxygen atoms in total. The molecule has 0 aliphatic heterocycles. The van der Waals surface area contributed by atoms with Crippen LogP contribution < -0.4 is 19.1 Å². The number of nitrogens with zero attached hydrogens (tertiary/aromatic N) is 1. The fourth-order valence-corrected chi connectivity index (χ4v) is 6.40. The number of allylic oxidation sites excluding steroid dienone is 3. The highest BCUT2D eigenvalue weighted by atomic mass is 16.5. The minimum absolute atomic E-state index is 0.714. The van der Waals surface area contributed by atoms with E-state index in [2.05, 4.69) is 171 Å². The molecule has 0 N–H and O–H groups in total. The number of rotatable bonds is 12. The van der Waals surface area contributed by atoms with Crippen molar-refractivity contribution in [2.45, 2.75) is 20.8 Å². The predicted molar refractivity (Wildman–Crippen MR) is 221 cm³/mol. The van der Waals surface area contributed by atoms with Crippen molar-refractivity contribution >= 4 is 52.0 Å². The van der Waals surface area contributed by atoms with Gasteiger partial charge in [0.2, 0.25) is 0 Å². The summed E-state index contributed by atoms with van der Waals surface area (Å²) in [6.45, 7) is 6.38. The summed E-state index contributed by atoms with van der Waals surface area (Å²) in [7, 11) is 5.14. The summed E-state index contributed by atoms with van der Waals surface area (Å²) in [5.41, 5.74) is 12.7. The van der Waals surface area contributed by atoms with E-state index < -0.39 is 0 Å². The quantitative estimate of drug-likeness (QED) is 0.120. The Morgan fingerprint density at radius 3 is 0.904 bits per heavy atom. The Kier molecular flexibility index (Phi) is 11.4. The van der Waals surface area contributed by atoms with Gasteiger partial charge in [0, 0.05) is 0 Å². The van der Waals surface area contributed by atoms with E-state index in [1.165, 1.54) is 33.4 Å². The van der Waals surface area contributed by atoms with Gasteiger partial charge < -0.3 is 14.2 Å². The zero-order chi connectivity index (χ0) is 36.5. The van der Waals surface area contributed by atoms with Crippen molar-refractivity contribution in [1.82, 2.24) is 0 Å². The Balaban J connectivity index is 1.48. The minimum atomic E-state index is 0.714. The lowest BCUT2D eigenvalue weighted by Gasteiger charge is -2.30. The average Bonchev–Trinajstić information content (AvgIpc) is 3.20. The number of ether oxygens (including phenoxy) is 3. The van der Waals surface area contributed by atoms with Crippen molar-refractivity contribution in [2.75, 3.05) is 26.2 Å². The third-order valence-corrected chi connectivity index (χ3v) is 9.17. The zero-order valence-corrected chi connectivity index (χ0v) is 30.8. The lowest BCUT2D eigenvalue weighted by atomic mass is 10.0. The molecule has 52 heavy (non-hydrogen) atoms. The van der Waals surface area contributed by atoms with Crippen molar-refractivity contribution in [3.63, 3.8) is 0 Å². The number of methoxy groups -OCH3 is 3. The van der Waals surface area contributed by atoms with Crippen LogP contribution in [0.25, 0.3) is 34.9 Å². The van der Waals surface area contributed by atoms with Crippen LogP contribution in [0.3, 0.4) is 0 Å². The maximum absolute atomic E-state index is 6.12. The molecule has 0 radical (unpaired) electrons. The van der Waals surface area contributed by atoms with E-state index in [0.29, 0.717) is 17.2 Å². The smallest absolute Gasteiger partial charge is 0.143 e. The molecule has 0 saturated heterocycles. The Morgan fingerprint density at radius 1 is 0.385 bits per heavy atom. The fourth-order valence-electron chi connectivity index (χ4n) is 6.40. The second kappa shape index (κ2) is 16.6. The molecule has 0 aliphatic carbocycles. The second-order valence-corrected chi connectivity index (χ2v) is 12.7. The van der Waals surface area contributed by atoms with Crippen LogP contribution in [0.15, 0.2) is 146 Å². The largest absolute Gasteiger partial charge is 0.495 e. The third-order valence-electron chi connectivity index (χ3n) is 9.17. The van der Waals surface area contributed by atoms with Crippen LogP contribution in [-0.4, -0.2) is 21.3 Å². The van der Waals surface area contributed by atoms with E-state index in [0.717, 1.165) is 33.8 Å². The lowest BCUT2D eigenvalue weighted by Crippen LogP contribution is -2.14. The molecule has 0 aliphatic rings. The normalized spacial score (nSPS) is 12.0. The van der Waals surface area contributed by atoms with Gasteiger partial charge in [-0.1, -0.05) is 127 Å². The first-order valence-corrected chi connectivity index (χ1v) is 17.4. The molecule has 0 spiro atoms. The molecule has 6 aromatic carbocycles. The standard InChI is InChI=1S/C48H45NO3/c1-34(40-16-10-7-11-17-40)28-37-22-25-43(46(31-37)50-4)49(44-26-23-38(32-47(44)51-5)29-35(2)41-18-12-8-13-19-41)45-27-24-39(33-48(45)52-6)30-36(3)42-20-14-9-15-21-42/h7-33H,1-6H3/b34-28-,35-29+,36-30+. The maximum Gasteiger partial charge on any atom is 0.143 e. The Labute approximate surface area is 308 Å². The van der Waals surface area contributed by atoms with E-state index >= 15 is 0 Å². The zero-order valence-electron chi connectivity index (χ0n) is 30.8. The maximum atomic E-state index is 6.12. The van der Waals surface area contributed by atoms with Crippen molar-refractivity contribution in [3.05, 3.63) is 179 Å². The van der Waals surface area contributed by atoms with Gasteiger partial charge in [-0.2, -0.15) is 0 Å². The first kappa shape index (κ1) is 35.6. The van der Waals surface area contributed by atoms with Gasteiger partial charge in [0.1, 0.15) is 17.2 Å². The van der Waals surface area contributed by atoms with Crippen LogP contribution in [-0.2, 0) is 0 Å². The molecule has 0 aromatic heterocycles. The number of anilines is 3. The van der Waals surface area contributed by atoms with E-state index in [1.807, 2.05) is 18.2 Å². The molecule has 0 saturated carbocycles. The molecule has 0 atom stereocenters. The van der Waals surface area contributed by atoms with Crippen LogP contribution in [0.5, 0.6) is 17.2 Å². The van der Waals surface area contributed by atoms with Gasteiger partial charge in [-0.25, -0.2) is 0 Å². The van der Waals surface area contributed by atoms with Crippen molar-refractivity contribution in [3.8, 4) is 17.2 Å². The van der Waals surface area contributed by atoms with Crippen LogP contribution in [0.4, 0.5) is 17.1 Å². The second-order valence-electron chi connectivity index (χ2n) is 12.7. The van der Waals surface area contributed by atoms with Crippen molar-refractivity contribution in [1.29, 1.82) is 0 Å². The van der Waals surface area contributed by atoms with E-state index in [-0.39, 0.29) is 0 Å². The van der Waals surface area contributed by atoms with E-state index in [9.17, 15) is 0 Å². The number of benzene rings is 6. The van der Waals surface area contributed by atoms with E-state index in [1.54, 1.807) is 21.3 Å². The highest BCUT2D eigenvalue weighted by molar-refractivity contribution is 5.90. The molecule has 0 unspecified atom stereocenters. The summed E-state index contributed by atoms with van der Waals surface area (Å²) in [5, 5.41) is 0. The Hall–Kier alpha value is -6.26. The van der Waals surface area contributed by atoms with Gasteiger partial charge in [0.15, 0.2) is 0 Å². The van der Waals surface area contributed by atoms with Gasteiger partial charge in [0.05, 0.1) is 38.4 Å². The number of hydrogen-bond donors (Lipinski definition) is 0. The molecule has 4 heteroatoms. The van der Waals surface area contributed by atoms with Gasteiger partial charge in [0.25, 0.3) is 0 Å². The molecule has 0 heterocycles. The van der Waals surface area contributed by atoms with Crippen LogP contribution >= 0.6 is 0 Å².